The van der Waals surface area contributed by atoms with Crippen LogP contribution in [-0.4, -0.2) is 5.91 Å². The van der Waals surface area contributed by atoms with Crippen molar-refractivity contribution in [3.8, 4) is 0 Å². The summed E-state index contributed by atoms with van der Waals surface area (Å²) in [6.45, 7) is 4.04. The number of carbonyl (C=O) groups is 1. The summed E-state index contributed by atoms with van der Waals surface area (Å²) < 4.78 is 5.19. The molecule has 0 saturated heterocycles. The molecule has 1 N–H and O–H groups in total. The zero-order valence-electron chi connectivity index (χ0n) is 10.7. The first-order valence-electron chi connectivity index (χ1n) is 6.04. The predicted octanol–water partition coefficient (Wildman–Crippen LogP) is 3.47. The van der Waals surface area contributed by atoms with Crippen LogP contribution in [0.1, 0.15) is 23.3 Å². The molecular weight excluding hydrogens is 226 g/mol. The number of carbonyl (C=O) groups excluding carboxylic acids is 1. The molecule has 0 radical (unpaired) electrons. The smallest absolute Gasteiger partial charge is 0.224 e. The van der Waals surface area contributed by atoms with Gasteiger partial charge in [-0.3, -0.25) is 4.79 Å². The van der Waals surface area contributed by atoms with Gasteiger partial charge in [0.05, 0.1) is 6.26 Å². The predicted molar refractivity (Wildman–Crippen MR) is 71.6 cm³/mol. The van der Waals surface area contributed by atoms with E-state index in [0.29, 0.717) is 12.8 Å². The molecule has 0 bridgehead atoms. The average molecular weight is 243 g/mol. The van der Waals surface area contributed by atoms with Gasteiger partial charge in [0.15, 0.2) is 0 Å². The molecule has 0 aliphatic heterocycles. The van der Waals surface area contributed by atoms with Gasteiger partial charge >= 0.3 is 0 Å². The molecule has 1 amide bonds. The monoisotopic (exact) mass is 243 g/mol. The molecule has 18 heavy (non-hydrogen) atoms. The maximum atomic E-state index is 11.8. The van der Waals surface area contributed by atoms with E-state index in [0.717, 1.165) is 22.6 Å². The minimum atomic E-state index is 0.0106. The van der Waals surface area contributed by atoms with Crippen LogP contribution in [0.3, 0.4) is 0 Å². The van der Waals surface area contributed by atoms with E-state index in [1.165, 1.54) is 0 Å². The molecule has 2 rings (SSSR count). The minimum absolute atomic E-state index is 0.0106. The molecule has 3 heteroatoms. The third-order valence-corrected chi connectivity index (χ3v) is 2.68. The van der Waals surface area contributed by atoms with Crippen LogP contribution in [0, 0.1) is 13.8 Å². The fourth-order valence-corrected chi connectivity index (χ4v) is 1.96. The summed E-state index contributed by atoms with van der Waals surface area (Å²) in [4.78, 5) is 11.8. The van der Waals surface area contributed by atoms with Crippen LogP contribution in [0.4, 0.5) is 5.69 Å². The number of rotatable bonds is 4. The Labute approximate surface area is 107 Å². The quantitative estimate of drug-likeness (QED) is 0.893. The van der Waals surface area contributed by atoms with E-state index in [4.69, 9.17) is 4.42 Å². The highest BCUT2D eigenvalue weighted by Crippen LogP contribution is 2.14. The minimum Gasteiger partial charge on any atom is -0.469 e. The summed E-state index contributed by atoms with van der Waals surface area (Å²) in [5.74, 6) is 0.849. The Hall–Kier alpha value is -2.03. The molecule has 0 spiro atoms. The van der Waals surface area contributed by atoms with Crippen molar-refractivity contribution in [1.29, 1.82) is 0 Å². The molecule has 1 heterocycles. The van der Waals surface area contributed by atoms with Gasteiger partial charge in [-0.05, 0) is 49.2 Å². The number of hydrogen-bond acceptors (Lipinski definition) is 2. The lowest BCUT2D eigenvalue weighted by molar-refractivity contribution is -0.116. The lowest BCUT2D eigenvalue weighted by atomic mass is 10.1. The molecule has 0 fully saturated rings. The second-order valence-corrected chi connectivity index (χ2v) is 4.50. The summed E-state index contributed by atoms with van der Waals surface area (Å²) in [7, 11) is 0. The third-order valence-electron chi connectivity index (χ3n) is 2.68. The maximum absolute atomic E-state index is 11.8. The van der Waals surface area contributed by atoms with Gasteiger partial charge in [-0.15, -0.1) is 0 Å². The first-order chi connectivity index (χ1) is 8.63. The highest BCUT2D eigenvalue weighted by molar-refractivity contribution is 5.90. The molecule has 0 atom stereocenters. The van der Waals surface area contributed by atoms with Gasteiger partial charge in [-0.2, -0.15) is 0 Å². The maximum Gasteiger partial charge on any atom is 0.224 e. The van der Waals surface area contributed by atoms with Crippen molar-refractivity contribution in [1.82, 2.24) is 0 Å². The fraction of sp³-hybridized carbons (Fsp3) is 0.267. The average Bonchev–Trinajstić information content (AvgIpc) is 2.77. The second kappa shape index (κ2) is 5.54. The van der Waals surface area contributed by atoms with E-state index < -0.39 is 0 Å². The number of furan rings is 1. The van der Waals surface area contributed by atoms with E-state index in [1.807, 2.05) is 38.1 Å². The van der Waals surface area contributed by atoms with E-state index in [2.05, 4.69) is 11.4 Å². The van der Waals surface area contributed by atoms with Crippen molar-refractivity contribution in [2.75, 3.05) is 5.32 Å². The molecule has 0 saturated carbocycles. The largest absolute Gasteiger partial charge is 0.469 e. The van der Waals surface area contributed by atoms with Crippen molar-refractivity contribution in [3.05, 3.63) is 53.5 Å². The number of benzene rings is 1. The SMILES string of the molecule is Cc1cc(C)cc(NC(=O)CCc2ccco2)c1. The standard InChI is InChI=1S/C15H17NO2/c1-11-8-12(2)10-13(9-11)16-15(17)6-5-14-4-3-7-18-14/h3-4,7-10H,5-6H2,1-2H3,(H,16,17). The Morgan fingerprint density at radius 1 is 1.22 bits per heavy atom. The van der Waals surface area contributed by atoms with Crippen LogP contribution in [0.25, 0.3) is 0 Å². The van der Waals surface area contributed by atoms with Gasteiger partial charge in [0.1, 0.15) is 5.76 Å². The molecule has 1 aromatic carbocycles. The Morgan fingerprint density at radius 3 is 2.56 bits per heavy atom. The van der Waals surface area contributed by atoms with Gasteiger partial charge in [-0.25, -0.2) is 0 Å². The van der Waals surface area contributed by atoms with Crippen LogP contribution < -0.4 is 5.32 Å². The van der Waals surface area contributed by atoms with Gasteiger partial charge < -0.3 is 9.73 Å². The number of anilines is 1. The summed E-state index contributed by atoms with van der Waals surface area (Å²) in [6.07, 6.45) is 2.68. The van der Waals surface area contributed by atoms with Gasteiger partial charge in [0.25, 0.3) is 0 Å². The summed E-state index contributed by atoms with van der Waals surface area (Å²) >= 11 is 0. The van der Waals surface area contributed by atoms with Crippen molar-refractivity contribution in [2.24, 2.45) is 0 Å². The van der Waals surface area contributed by atoms with Crippen LogP contribution in [0.2, 0.25) is 0 Å². The van der Waals surface area contributed by atoms with Crippen molar-refractivity contribution < 1.29 is 9.21 Å². The highest BCUT2D eigenvalue weighted by Gasteiger charge is 2.05. The van der Waals surface area contributed by atoms with Crippen molar-refractivity contribution in [2.45, 2.75) is 26.7 Å². The molecule has 0 unspecified atom stereocenters. The third kappa shape index (κ3) is 3.48. The van der Waals surface area contributed by atoms with E-state index in [-0.39, 0.29) is 5.91 Å². The topological polar surface area (TPSA) is 42.2 Å². The molecule has 1 aromatic heterocycles. The summed E-state index contributed by atoms with van der Waals surface area (Å²) in [6, 6.07) is 9.73. The zero-order valence-corrected chi connectivity index (χ0v) is 10.7. The number of amides is 1. The Bertz CT molecular complexity index is 509. The summed E-state index contributed by atoms with van der Waals surface area (Å²) in [5, 5.41) is 2.91. The Morgan fingerprint density at radius 2 is 1.94 bits per heavy atom. The molecule has 2 aromatic rings. The molecule has 94 valence electrons. The van der Waals surface area contributed by atoms with Crippen molar-refractivity contribution in [3.63, 3.8) is 0 Å². The van der Waals surface area contributed by atoms with Crippen LogP contribution in [-0.2, 0) is 11.2 Å². The van der Waals surface area contributed by atoms with Crippen LogP contribution in [0.5, 0.6) is 0 Å². The lowest BCUT2D eigenvalue weighted by Crippen LogP contribution is -2.12. The Kier molecular flexibility index (Phi) is 3.82. The molecule has 0 aliphatic rings. The van der Waals surface area contributed by atoms with E-state index in [9.17, 15) is 4.79 Å². The van der Waals surface area contributed by atoms with E-state index in [1.54, 1.807) is 6.26 Å². The fourth-order valence-electron chi connectivity index (χ4n) is 1.96. The molecular formula is C15H17NO2. The molecule has 0 aliphatic carbocycles. The lowest BCUT2D eigenvalue weighted by Gasteiger charge is -2.07. The van der Waals surface area contributed by atoms with Gasteiger partial charge in [-0.1, -0.05) is 6.07 Å². The van der Waals surface area contributed by atoms with Crippen molar-refractivity contribution >= 4 is 11.6 Å². The second-order valence-electron chi connectivity index (χ2n) is 4.50. The number of nitrogens with one attached hydrogen (secondary N) is 1. The normalized spacial score (nSPS) is 10.3. The highest BCUT2D eigenvalue weighted by atomic mass is 16.3. The first kappa shape index (κ1) is 12.4. The van der Waals surface area contributed by atoms with E-state index >= 15 is 0 Å². The Balaban J connectivity index is 1.90. The van der Waals surface area contributed by atoms with Crippen LogP contribution >= 0.6 is 0 Å². The molecule has 3 nitrogen and oxygen atoms in total. The number of hydrogen-bond donors (Lipinski definition) is 1. The summed E-state index contributed by atoms with van der Waals surface area (Å²) in [5.41, 5.74) is 3.16. The van der Waals surface area contributed by atoms with Crippen LogP contribution in [0.15, 0.2) is 41.0 Å². The van der Waals surface area contributed by atoms with Gasteiger partial charge in [0.2, 0.25) is 5.91 Å². The number of aryl methyl sites for hydroxylation is 3. The van der Waals surface area contributed by atoms with Gasteiger partial charge in [0, 0.05) is 18.5 Å². The first-order valence-corrected chi connectivity index (χ1v) is 6.04. The zero-order chi connectivity index (χ0) is 13.0.